The fourth-order valence-corrected chi connectivity index (χ4v) is 3.96. The molecule has 0 aliphatic carbocycles. The van der Waals surface area contributed by atoms with Gasteiger partial charge in [0.25, 0.3) is 0 Å². The first-order valence-corrected chi connectivity index (χ1v) is 8.46. The van der Waals surface area contributed by atoms with E-state index in [1.165, 1.54) is 13.2 Å². The zero-order valence-corrected chi connectivity index (χ0v) is 14.2. The Morgan fingerprint density at radius 1 is 1.25 bits per heavy atom. The Morgan fingerprint density at radius 3 is 2.50 bits per heavy atom. The molecule has 2 saturated heterocycles. The summed E-state index contributed by atoms with van der Waals surface area (Å²) < 4.78 is 18.7. The van der Waals surface area contributed by atoms with E-state index in [1.807, 2.05) is 13.0 Å². The van der Waals surface area contributed by atoms with E-state index in [0.717, 1.165) is 43.7 Å². The van der Waals surface area contributed by atoms with Crippen LogP contribution in [0.5, 0.6) is 5.75 Å². The third-order valence-electron chi connectivity index (χ3n) is 5.24. The molecule has 24 heavy (non-hydrogen) atoms. The van der Waals surface area contributed by atoms with Crippen molar-refractivity contribution in [1.82, 2.24) is 4.90 Å². The zero-order chi connectivity index (χ0) is 17.3. The lowest BCUT2D eigenvalue weighted by Gasteiger charge is -2.38. The molecular formula is C17H24FN3O3. The molecule has 0 radical (unpaired) electrons. The molecule has 6 nitrogen and oxygen atoms in total. The minimum absolute atomic E-state index is 0.000287. The summed E-state index contributed by atoms with van der Waals surface area (Å²) in [6.45, 7) is 5.03. The molecule has 2 fully saturated rings. The van der Waals surface area contributed by atoms with Gasteiger partial charge in [-0.05, 0) is 32.3 Å². The number of likely N-dealkylation sites (tertiary alicyclic amines) is 1. The predicted molar refractivity (Wildman–Crippen MR) is 90.7 cm³/mol. The topological polar surface area (TPSA) is 58.9 Å². The molecule has 2 aliphatic heterocycles. The summed E-state index contributed by atoms with van der Waals surface area (Å²) in [5, 5.41) is 11.1. The van der Waals surface area contributed by atoms with Gasteiger partial charge in [0, 0.05) is 49.5 Å². The second kappa shape index (κ2) is 6.93. The molecule has 1 atom stereocenters. The maximum atomic E-state index is 13.4. The smallest absolute Gasteiger partial charge is 0.311 e. The number of hydrogen-bond donors (Lipinski definition) is 0. The van der Waals surface area contributed by atoms with E-state index in [4.69, 9.17) is 4.74 Å². The third-order valence-corrected chi connectivity index (χ3v) is 5.24. The molecule has 0 N–H and O–H groups in total. The number of nitro benzene ring substituents is 1. The first-order chi connectivity index (χ1) is 11.5. The van der Waals surface area contributed by atoms with E-state index in [0.29, 0.717) is 24.8 Å². The number of alkyl halides is 1. The summed E-state index contributed by atoms with van der Waals surface area (Å²) in [4.78, 5) is 15.2. The molecule has 2 aliphatic rings. The van der Waals surface area contributed by atoms with Gasteiger partial charge in [-0.2, -0.15) is 0 Å². The maximum Gasteiger partial charge on any atom is 0.311 e. The van der Waals surface area contributed by atoms with E-state index in [1.54, 1.807) is 0 Å². The third kappa shape index (κ3) is 3.17. The number of benzene rings is 1. The summed E-state index contributed by atoms with van der Waals surface area (Å²) >= 11 is 0. The summed E-state index contributed by atoms with van der Waals surface area (Å²) in [7, 11) is 1.46. The molecule has 3 rings (SSSR count). The van der Waals surface area contributed by atoms with Gasteiger partial charge in [-0.1, -0.05) is 0 Å². The lowest BCUT2D eigenvalue weighted by molar-refractivity contribution is -0.385. The van der Waals surface area contributed by atoms with Crippen LogP contribution >= 0.6 is 0 Å². The normalized spacial score (nSPS) is 22.8. The van der Waals surface area contributed by atoms with Crippen LogP contribution in [0, 0.1) is 17.0 Å². The van der Waals surface area contributed by atoms with Crippen molar-refractivity contribution >= 4 is 11.4 Å². The monoisotopic (exact) mass is 337 g/mol. The van der Waals surface area contributed by atoms with Crippen molar-refractivity contribution in [1.29, 1.82) is 0 Å². The first-order valence-electron chi connectivity index (χ1n) is 8.46. The number of halogens is 1. The highest BCUT2D eigenvalue weighted by molar-refractivity contribution is 5.66. The number of hydrogen-bond acceptors (Lipinski definition) is 5. The molecule has 0 bridgehead atoms. The van der Waals surface area contributed by atoms with Crippen LogP contribution in [0.1, 0.15) is 24.8 Å². The number of rotatable bonds is 4. The van der Waals surface area contributed by atoms with E-state index in [-0.39, 0.29) is 5.69 Å². The van der Waals surface area contributed by atoms with E-state index >= 15 is 0 Å². The number of piperidine rings is 1. The van der Waals surface area contributed by atoms with Crippen LogP contribution in [0.2, 0.25) is 0 Å². The Morgan fingerprint density at radius 2 is 1.96 bits per heavy atom. The minimum atomic E-state index is -0.677. The first kappa shape index (κ1) is 17.0. The van der Waals surface area contributed by atoms with Gasteiger partial charge in [-0.15, -0.1) is 0 Å². The highest BCUT2D eigenvalue weighted by Crippen LogP contribution is 2.38. The molecule has 1 unspecified atom stereocenters. The Balaban J connectivity index is 1.71. The van der Waals surface area contributed by atoms with Crippen molar-refractivity contribution in [3.05, 3.63) is 27.8 Å². The van der Waals surface area contributed by atoms with E-state index in [2.05, 4.69) is 9.80 Å². The molecule has 0 spiro atoms. The summed E-state index contributed by atoms with van der Waals surface area (Å²) in [6, 6.07) is 3.77. The molecule has 0 amide bonds. The number of nitro groups is 1. The predicted octanol–water partition coefficient (Wildman–Crippen LogP) is 2.92. The van der Waals surface area contributed by atoms with Crippen molar-refractivity contribution in [2.24, 2.45) is 0 Å². The number of methoxy groups -OCH3 is 1. The average Bonchev–Trinajstić information content (AvgIpc) is 3.01. The lowest BCUT2D eigenvalue weighted by atomic mass is 10.0. The molecule has 7 heteroatoms. The van der Waals surface area contributed by atoms with Crippen LogP contribution in [-0.4, -0.2) is 55.3 Å². The summed E-state index contributed by atoms with van der Waals surface area (Å²) in [6.07, 6.45) is 1.96. The highest BCUT2D eigenvalue weighted by Gasteiger charge is 2.31. The Bertz CT molecular complexity index is 617. The number of anilines is 1. The minimum Gasteiger partial charge on any atom is -0.490 e. The van der Waals surface area contributed by atoms with Crippen LogP contribution in [0.3, 0.4) is 0 Å². The largest absolute Gasteiger partial charge is 0.490 e. The van der Waals surface area contributed by atoms with Crippen LogP contribution in [0.15, 0.2) is 12.1 Å². The molecule has 2 heterocycles. The Labute approximate surface area is 141 Å². The fourth-order valence-electron chi connectivity index (χ4n) is 3.96. The summed E-state index contributed by atoms with van der Waals surface area (Å²) in [5.74, 6) is 0.333. The van der Waals surface area contributed by atoms with Gasteiger partial charge in [0.2, 0.25) is 5.75 Å². The molecule has 0 saturated carbocycles. The standard InChI is InChI=1S/C17H24FN3O3/c1-12-15(3-4-16(21(22)23)17(12)24-2)19-9-6-14(7-10-19)20-8-5-13(18)11-20/h3-4,13-14H,5-11H2,1-2H3. The number of ether oxygens (including phenoxy) is 1. The highest BCUT2D eigenvalue weighted by atomic mass is 19.1. The van der Waals surface area contributed by atoms with Crippen molar-refractivity contribution in [3.8, 4) is 5.75 Å². The molecule has 1 aromatic carbocycles. The quantitative estimate of drug-likeness (QED) is 0.624. The van der Waals surface area contributed by atoms with Crippen molar-refractivity contribution < 1.29 is 14.1 Å². The second-order valence-electron chi connectivity index (χ2n) is 6.62. The van der Waals surface area contributed by atoms with Gasteiger partial charge >= 0.3 is 5.69 Å². The van der Waals surface area contributed by atoms with Gasteiger partial charge in [0.1, 0.15) is 6.17 Å². The molecule has 0 aromatic heterocycles. The van der Waals surface area contributed by atoms with Gasteiger partial charge in [-0.25, -0.2) is 4.39 Å². The zero-order valence-electron chi connectivity index (χ0n) is 14.2. The van der Waals surface area contributed by atoms with Crippen LogP contribution in [0.4, 0.5) is 15.8 Å². The van der Waals surface area contributed by atoms with Crippen LogP contribution < -0.4 is 9.64 Å². The molecular weight excluding hydrogens is 313 g/mol. The second-order valence-corrected chi connectivity index (χ2v) is 6.62. The average molecular weight is 337 g/mol. The van der Waals surface area contributed by atoms with Gasteiger partial charge < -0.3 is 9.64 Å². The van der Waals surface area contributed by atoms with Crippen molar-refractivity contribution in [2.45, 2.75) is 38.4 Å². The van der Waals surface area contributed by atoms with E-state index < -0.39 is 11.1 Å². The van der Waals surface area contributed by atoms with Crippen LogP contribution in [0.25, 0.3) is 0 Å². The molecule has 132 valence electrons. The SMILES string of the molecule is COc1c([N+](=O)[O-])ccc(N2CCC(N3CCC(F)C3)CC2)c1C. The van der Waals surface area contributed by atoms with Crippen molar-refractivity contribution in [2.75, 3.05) is 38.2 Å². The Hall–Kier alpha value is -1.89. The van der Waals surface area contributed by atoms with Gasteiger partial charge in [0.05, 0.1) is 12.0 Å². The molecule has 1 aromatic rings. The van der Waals surface area contributed by atoms with Gasteiger partial charge in [-0.3, -0.25) is 15.0 Å². The number of nitrogens with zero attached hydrogens (tertiary/aromatic N) is 3. The summed E-state index contributed by atoms with van der Waals surface area (Å²) in [5.41, 5.74) is 1.79. The Kier molecular flexibility index (Phi) is 4.89. The maximum absolute atomic E-state index is 13.4. The lowest BCUT2D eigenvalue weighted by Crippen LogP contribution is -2.44. The van der Waals surface area contributed by atoms with Crippen molar-refractivity contribution in [3.63, 3.8) is 0 Å². The van der Waals surface area contributed by atoms with Crippen LogP contribution in [-0.2, 0) is 0 Å². The van der Waals surface area contributed by atoms with E-state index in [9.17, 15) is 14.5 Å². The van der Waals surface area contributed by atoms with Gasteiger partial charge in [0.15, 0.2) is 0 Å². The fraction of sp³-hybridized carbons (Fsp3) is 0.647.